The van der Waals surface area contributed by atoms with Crippen LogP contribution in [-0.2, 0) is 22.6 Å². The second kappa shape index (κ2) is 11.6. The van der Waals surface area contributed by atoms with Gasteiger partial charge in [0, 0.05) is 5.56 Å². The third-order valence-electron chi connectivity index (χ3n) is 5.33. The zero-order valence-corrected chi connectivity index (χ0v) is 18.7. The molecule has 0 fully saturated rings. The molecule has 174 valence electrons. The molecule has 3 aromatic rings. The SMILES string of the molecule is COc1cc(/C=C/C(=O)C(Cc2ccccc2)C(=O)/C=C/c2ccc(O)c(CO)c2)ccc1O. The van der Waals surface area contributed by atoms with Gasteiger partial charge in [0.1, 0.15) is 5.75 Å². The van der Waals surface area contributed by atoms with E-state index in [1.807, 2.05) is 30.3 Å². The van der Waals surface area contributed by atoms with Gasteiger partial charge in [0.05, 0.1) is 19.6 Å². The van der Waals surface area contributed by atoms with E-state index in [2.05, 4.69) is 0 Å². The van der Waals surface area contributed by atoms with Crippen molar-refractivity contribution in [2.24, 2.45) is 5.92 Å². The maximum Gasteiger partial charge on any atom is 0.166 e. The number of hydrogen-bond donors (Lipinski definition) is 3. The summed E-state index contributed by atoms with van der Waals surface area (Å²) in [6.07, 6.45) is 6.07. The molecule has 0 aliphatic carbocycles. The number of hydrogen-bond acceptors (Lipinski definition) is 6. The Morgan fingerprint density at radius 1 is 0.853 bits per heavy atom. The van der Waals surface area contributed by atoms with Gasteiger partial charge < -0.3 is 20.1 Å². The van der Waals surface area contributed by atoms with Crippen molar-refractivity contribution in [2.75, 3.05) is 7.11 Å². The van der Waals surface area contributed by atoms with Crippen LogP contribution in [0.2, 0.25) is 0 Å². The number of aromatic hydroxyl groups is 2. The number of ketones is 2. The Morgan fingerprint density at radius 3 is 2.03 bits per heavy atom. The number of phenolic OH excluding ortho intramolecular Hbond substituents is 1. The highest BCUT2D eigenvalue weighted by molar-refractivity contribution is 6.13. The smallest absolute Gasteiger partial charge is 0.166 e. The van der Waals surface area contributed by atoms with Crippen LogP contribution in [0.3, 0.4) is 0 Å². The van der Waals surface area contributed by atoms with E-state index in [-0.39, 0.29) is 41.8 Å². The average molecular weight is 459 g/mol. The van der Waals surface area contributed by atoms with E-state index in [0.717, 1.165) is 5.56 Å². The number of phenols is 2. The van der Waals surface area contributed by atoms with Crippen LogP contribution in [-0.4, -0.2) is 34.0 Å². The fourth-order valence-corrected chi connectivity index (χ4v) is 3.41. The summed E-state index contributed by atoms with van der Waals surface area (Å²) in [7, 11) is 1.44. The molecule has 6 nitrogen and oxygen atoms in total. The van der Waals surface area contributed by atoms with Crippen molar-refractivity contribution in [3.05, 3.63) is 101 Å². The summed E-state index contributed by atoms with van der Waals surface area (Å²) < 4.78 is 5.09. The van der Waals surface area contributed by atoms with Crippen LogP contribution in [0, 0.1) is 5.92 Å². The van der Waals surface area contributed by atoms with E-state index in [4.69, 9.17) is 4.74 Å². The molecule has 3 N–H and O–H groups in total. The number of methoxy groups -OCH3 is 1. The number of allylic oxidation sites excluding steroid dienone is 2. The fraction of sp³-hybridized carbons (Fsp3) is 0.143. The Bertz CT molecular complexity index is 1140. The summed E-state index contributed by atoms with van der Waals surface area (Å²) >= 11 is 0. The van der Waals surface area contributed by atoms with Crippen molar-refractivity contribution in [3.63, 3.8) is 0 Å². The third-order valence-corrected chi connectivity index (χ3v) is 5.33. The van der Waals surface area contributed by atoms with E-state index in [1.165, 1.54) is 31.4 Å². The zero-order valence-electron chi connectivity index (χ0n) is 18.7. The highest BCUT2D eigenvalue weighted by Gasteiger charge is 2.23. The molecule has 0 heterocycles. The average Bonchev–Trinajstić information content (AvgIpc) is 2.86. The minimum Gasteiger partial charge on any atom is -0.508 e. The van der Waals surface area contributed by atoms with Crippen molar-refractivity contribution in [3.8, 4) is 17.2 Å². The first-order valence-electron chi connectivity index (χ1n) is 10.7. The summed E-state index contributed by atoms with van der Waals surface area (Å²) in [4.78, 5) is 26.1. The topological polar surface area (TPSA) is 104 Å². The molecule has 0 spiro atoms. The second-order valence-electron chi connectivity index (χ2n) is 7.69. The molecule has 0 aliphatic rings. The van der Waals surface area contributed by atoms with Gasteiger partial charge in [-0.3, -0.25) is 9.59 Å². The van der Waals surface area contributed by atoms with E-state index in [9.17, 15) is 24.9 Å². The molecule has 3 aromatic carbocycles. The molecule has 0 amide bonds. The quantitative estimate of drug-likeness (QED) is 0.309. The standard InChI is InChI=1S/C28H26O6/c1-34-28-17-21(10-14-27(28)33)9-13-26(32)23(16-19-5-3-2-4-6-19)25(31)12-8-20-7-11-24(30)22(15-20)18-29/h2-15,17,23,29-30,33H,16,18H2,1H3/b12-8+,13-9+. The van der Waals surface area contributed by atoms with Gasteiger partial charge in [-0.1, -0.05) is 54.6 Å². The predicted molar refractivity (Wildman–Crippen MR) is 130 cm³/mol. The maximum atomic E-state index is 13.1. The lowest BCUT2D eigenvalue weighted by molar-refractivity contribution is -0.127. The summed E-state index contributed by atoms with van der Waals surface area (Å²) in [6.45, 7) is -0.330. The van der Waals surface area contributed by atoms with Crippen LogP contribution in [0.4, 0.5) is 0 Å². The Balaban J connectivity index is 1.84. The monoisotopic (exact) mass is 458 g/mol. The molecular weight excluding hydrogens is 432 g/mol. The maximum absolute atomic E-state index is 13.1. The van der Waals surface area contributed by atoms with Gasteiger partial charge in [0.25, 0.3) is 0 Å². The summed E-state index contributed by atoms with van der Waals surface area (Å²) in [6, 6.07) is 18.6. The highest BCUT2D eigenvalue weighted by Crippen LogP contribution is 2.27. The first kappa shape index (κ1) is 24.5. The first-order valence-corrected chi connectivity index (χ1v) is 10.7. The number of carbonyl (C=O) groups excluding carboxylic acids is 2. The van der Waals surface area contributed by atoms with E-state index >= 15 is 0 Å². The Kier molecular flexibility index (Phi) is 8.37. The van der Waals surface area contributed by atoms with Gasteiger partial charge in [-0.25, -0.2) is 0 Å². The normalized spacial score (nSPS) is 12.2. The molecule has 0 saturated heterocycles. The van der Waals surface area contributed by atoms with Gasteiger partial charge >= 0.3 is 0 Å². The van der Waals surface area contributed by atoms with E-state index in [1.54, 1.807) is 36.4 Å². The van der Waals surface area contributed by atoms with Crippen LogP contribution in [0.25, 0.3) is 12.2 Å². The largest absolute Gasteiger partial charge is 0.508 e. The van der Waals surface area contributed by atoms with Crippen LogP contribution in [0.1, 0.15) is 22.3 Å². The summed E-state index contributed by atoms with van der Waals surface area (Å²) in [5, 5.41) is 28.8. The lowest BCUT2D eigenvalue weighted by Crippen LogP contribution is -2.23. The molecule has 0 aliphatic heterocycles. The number of aliphatic hydroxyl groups is 1. The van der Waals surface area contributed by atoms with Gasteiger partial charge in [0.2, 0.25) is 0 Å². The molecule has 0 aromatic heterocycles. The van der Waals surface area contributed by atoms with Gasteiger partial charge in [-0.2, -0.15) is 0 Å². The summed E-state index contributed by atoms with van der Waals surface area (Å²) in [5.41, 5.74) is 2.46. The number of rotatable bonds is 10. The first-order chi connectivity index (χ1) is 16.4. The van der Waals surface area contributed by atoms with Crippen LogP contribution < -0.4 is 4.74 Å². The van der Waals surface area contributed by atoms with Gasteiger partial charge in [0.15, 0.2) is 23.1 Å². The number of carbonyl (C=O) groups is 2. The van der Waals surface area contributed by atoms with Crippen molar-refractivity contribution < 1.29 is 29.6 Å². The lowest BCUT2D eigenvalue weighted by atomic mass is 9.90. The van der Waals surface area contributed by atoms with Crippen LogP contribution >= 0.6 is 0 Å². The zero-order chi connectivity index (χ0) is 24.5. The second-order valence-corrected chi connectivity index (χ2v) is 7.69. The third kappa shape index (κ3) is 6.43. The highest BCUT2D eigenvalue weighted by atomic mass is 16.5. The van der Waals surface area contributed by atoms with Gasteiger partial charge in [-0.05, 0) is 59.5 Å². The number of ether oxygens (including phenoxy) is 1. The molecule has 6 heteroatoms. The van der Waals surface area contributed by atoms with Crippen LogP contribution in [0.15, 0.2) is 78.9 Å². The molecule has 0 radical (unpaired) electrons. The molecule has 0 bridgehead atoms. The number of aliphatic hydroxyl groups excluding tert-OH is 1. The molecule has 3 rings (SSSR count). The minimum atomic E-state index is -0.927. The molecule has 1 unspecified atom stereocenters. The molecule has 1 atom stereocenters. The fourth-order valence-electron chi connectivity index (χ4n) is 3.41. The van der Waals surface area contributed by atoms with Gasteiger partial charge in [-0.15, -0.1) is 0 Å². The lowest BCUT2D eigenvalue weighted by Gasteiger charge is -2.11. The Morgan fingerprint density at radius 2 is 1.44 bits per heavy atom. The molecule has 34 heavy (non-hydrogen) atoms. The minimum absolute atomic E-state index is 0.00756. The Hall–Kier alpha value is -4.16. The van der Waals surface area contributed by atoms with Crippen molar-refractivity contribution in [1.29, 1.82) is 0 Å². The van der Waals surface area contributed by atoms with E-state index in [0.29, 0.717) is 16.7 Å². The van der Waals surface area contributed by atoms with Crippen molar-refractivity contribution in [2.45, 2.75) is 13.0 Å². The molecular formula is C28H26O6. The predicted octanol–water partition coefficient (Wildman–Crippen LogP) is 4.32. The number of benzene rings is 3. The Labute approximate surface area is 198 Å². The summed E-state index contributed by atoms with van der Waals surface area (Å²) in [5.74, 6) is -1.40. The van der Waals surface area contributed by atoms with Crippen molar-refractivity contribution >= 4 is 23.7 Å². The van der Waals surface area contributed by atoms with Crippen molar-refractivity contribution in [1.82, 2.24) is 0 Å². The van der Waals surface area contributed by atoms with Crippen LogP contribution in [0.5, 0.6) is 17.2 Å². The molecule has 0 saturated carbocycles. The van der Waals surface area contributed by atoms with E-state index < -0.39 is 5.92 Å².